The SMILES string of the molecule is CC(C)(C)OC(=O)NCCN(CCc1ccc(Cl)cc1)S(C)(=O)=O. The average Bonchev–Trinajstić information content (AvgIpc) is 2.41. The summed E-state index contributed by atoms with van der Waals surface area (Å²) in [7, 11) is -3.36. The van der Waals surface area contributed by atoms with Crippen LogP contribution in [0.3, 0.4) is 0 Å². The highest BCUT2D eigenvalue weighted by Crippen LogP contribution is 2.11. The van der Waals surface area contributed by atoms with Crippen molar-refractivity contribution in [3.05, 3.63) is 34.9 Å². The highest BCUT2D eigenvalue weighted by molar-refractivity contribution is 7.88. The van der Waals surface area contributed by atoms with Crippen LogP contribution in [0.1, 0.15) is 26.3 Å². The van der Waals surface area contributed by atoms with Crippen molar-refractivity contribution >= 4 is 27.7 Å². The van der Waals surface area contributed by atoms with Crippen LogP contribution >= 0.6 is 11.6 Å². The lowest BCUT2D eigenvalue weighted by molar-refractivity contribution is 0.0525. The van der Waals surface area contributed by atoms with E-state index in [9.17, 15) is 13.2 Å². The van der Waals surface area contributed by atoms with Gasteiger partial charge in [-0.05, 0) is 44.9 Å². The summed E-state index contributed by atoms with van der Waals surface area (Å²) < 4.78 is 30.2. The molecule has 0 fully saturated rings. The third kappa shape index (κ3) is 8.52. The molecule has 0 aromatic heterocycles. The molecule has 1 N–H and O–H groups in total. The first-order valence-corrected chi connectivity index (χ1v) is 9.86. The Bertz CT molecular complexity index is 639. The third-order valence-electron chi connectivity index (χ3n) is 3.06. The van der Waals surface area contributed by atoms with E-state index in [1.165, 1.54) is 4.31 Å². The van der Waals surface area contributed by atoms with Crippen LogP contribution in [0.2, 0.25) is 5.02 Å². The molecule has 0 atom stereocenters. The second kappa shape index (κ2) is 8.69. The molecule has 0 saturated carbocycles. The minimum atomic E-state index is -3.36. The highest BCUT2D eigenvalue weighted by Gasteiger charge is 2.18. The van der Waals surface area contributed by atoms with Crippen LogP contribution in [-0.4, -0.2) is 50.3 Å². The Labute approximate surface area is 149 Å². The zero-order chi connectivity index (χ0) is 18.4. The van der Waals surface area contributed by atoms with Gasteiger partial charge in [0.05, 0.1) is 6.26 Å². The maximum absolute atomic E-state index is 11.9. The molecule has 0 unspecified atom stereocenters. The van der Waals surface area contributed by atoms with Gasteiger partial charge in [-0.3, -0.25) is 0 Å². The van der Waals surface area contributed by atoms with Crippen molar-refractivity contribution in [1.82, 2.24) is 9.62 Å². The first kappa shape index (κ1) is 20.7. The summed E-state index contributed by atoms with van der Waals surface area (Å²) in [5.41, 5.74) is 0.406. The molecule has 0 spiro atoms. The van der Waals surface area contributed by atoms with Gasteiger partial charge >= 0.3 is 6.09 Å². The predicted molar refractivity (Wildman–Crippen MR) is 95.8 cm³/mol. The quantitative estimate of drug-likeness (QED) is 0.793. The second-order valence-corrected chi connectivity index (χ2v) is 8.89. The zero-order valence-electron chi connectivity index (χ0n) is 14.5. The highest BCUT2D eigenvalue weighted by atomic mass is 35.5. The molecule has 0 aliphatic carbocycles. The average molecular weight is 377 g/mol. The molecule has 0 aliphatic heterocycles. The van der Waals surface area contributed by atoms with Crippen molar-refractivity contribution in [2.75, 3.05) is 25.9 Å². The van der Waals surface area contributed by atoms with Crippen molar-refractivity contribution in [3.63, 3.8) is 0 Å². The van der Waals surface area contributed by atoms with Crippen LogP contribution in [-0.2, 0) is 21.2 Å². The fraction of sp³-hybridized carbons (Fsp3) is 0.562. The lowest BCUT2D eigenvalue weighted by atomic mass is 10.1. The minimum Gasteiger partial charge on any atom is -0.444 e. The number of nitrogens with one attached hydrogen (secondary N) is 1. The first-order chi connectivity index (χ1) is 11.0. The van der Waals surface area contributed by atoms with Gasteiger partial charge in [-0.15, -0.1) is 0 Å². The van der Waals surface area contributed by atoms with Crippen molar-refractivity contribution in [1.29, 1.82) is 0 Å². The van der Waals surface area contributed by atoms with E-state index in [0.717, 1.165) is 11.8 Å². The fourth-order valence-electron chi connectivity index (χ4n) is 1.95. The predicted octanol–water partition coefficient (Wildman–Crippen LogP) is 2.67. The maximum Gasteiger partial charge on any atom is 0.407 e. The number of halogens is 1. The van der Waals surface area contributed by atoms with Crippen molar-refractivity contribution in [2.24, 2.45) is 0 Å². The molecule has 8 heteroatoms. The number of nitrogens with zero attached hydrogens (tertiary/aromatic N) is 1. The van der Waals surface area contributed by atoms with Gasteiger partial charge in [0.15, 0.2) is 0 Å². The molecule has 136 valence electrons. The molecule has 0 saturated heterocycles. The third-order valence-corrected chi connectivity index (χ3v) is 4.62. The van der Waals surface area contributed by atoms with E-state index in [0.29, 0.717) is 18.0 Å². The van der Waals surface area contributed by atoms with E-state index in [-0.39, 0.29) is 13.1 Å². The number of ether oxygens (including phenoxy) is 1. The number of sulfonamides is 1. The Balaban J connectivity index is 2.51. The molecule has 0 bridgehead atoms. The van der Waals surface area contributed by atoms with Gasteiger partial charge in [0.2, 0.25) is 10.0 Å². The van der Waals surface area contributed by atoms with Gasteiger partial charge in [-0.25, -0.2) is 17.5 Å². The number of hydrogen-bond donors (Lipinski definition) is 1. The number of carbonyl (C=O) groups excluding carboxylic acids is 1. The van der Waals surface area contributed by atoms with Crippen LogP contribution in [0.25, 0.3) is 0 Å². The Kier molecular flexibility index (Phi) is 7.51. The van der Waals surface area contributed by atoms with E-state index in [2.05, 4.69) is 5.32 Å². The molecular formula is C16H25ClN2O4S. The molecule has 0 heterocycles. The van der Waals surface area contributed by atoms with Gasteiger partial charge in [-0.1, -0.05) is 23.7 Å². The standard InChI is InChI=1S/C16H25ClN2O4S/c1-16(2,3)23-15(20)18-10-12-19(24(4,21)22)11-9-13-5-7-14(17)8-6-13/h5-8H,9-12H2,1-4H3,(H,18,20). The summed E-state index contributed by atoms with van der Waals surface area (Å²) in [6, 6.07) is 7.26. The Morgan fingerprint density at radius 3 is 2.29 bits per heavy atom. The molecule has 1 aromatic rings. The number of rotatable bonds is 7. The minimum absolute atomic E-state index is 0.183. The number of amides is 1. The first-order valence-electron chi connectivity index (χ1n) is 7.64. The maximum atomic E-state index is 11.9. The van der Waals surface area contributed by atoms with Crippen LogP contribution < -0.4 is 5.32 Å². The summed E-state index contributed by atoms with van der Waals surface area (Å²) in [5.74, 6) is 0. The van der Waals surface area contributed by atoms with Gasteiger partial charge in [-0.2, -0.15) is 0 Å². The van der Waals surface area contributed by atoms with Gasteiger partial charge in [0.25, 0.3) is 0 Å². The Morgan fingerprint density at radius 1 is 1.21 bits per heavy atom. The topological polar surface area (TPSA) is 75.7 Å². The fourth-order valence-corrected chi connectivity index (χ4v) is 2.92. The molecule has 1 rings (SSSR count). The van der Waals surface area contributed by atoms with Crippen molar-refractivity contribution in [3.8, 4) is 0 Å². The monoisotopic (exact) mass is 376 g/mol. The molecule has 6 nitrogen and oxygen atoms in total. The normalized spacial score (nSPS) is 12.2. The van der Waals surface area contributed by atoms with E-state index in [1.54, 1.807) is 32.9 Å². The number of hydrogen-bond acceptors (Lipinski definition) is 4. The van der Waals surface area contributed by atoms with Crippen molar-refractivity contribution < 1.29 is 17.9 Å². The van der Waals surface area contributed by atoms with Gasteiger partial charge in [0, 0.05) is 24.7 Å². The smallest absolute Gasteiger partial charge is 0.407 e. The van der Waals surface area contributed by atoms with Crippen LogP contribution in [0, 0.1) is 0 Å². The largest absolute Gasteiger partial charge is 0.444 e. The van der Waals surface area contributed by atoms with E-state index in [4.69, 9.17) is 16.3 Å². The van der Waals surface area contributed by atoms with Crippen LogP contribution in [0.4, 0.5) is 4.79 Å². The summed E-state index contributed by atoms with van der Waals surface area (Å²) in [6.07, 6.45) is 1.16. The van der Waals surface area contributed by atoms with Gasteiger partial charge in [0.1, 0.15) is 5.60 Å². The summed E-state index contributed by atoms with van der Waals surface area (Å²) in [4.78, 5) is 11.6. The molecule has 0 aliphatic rings. The number of alkyl carbamates (subject to hydrolysis) is 1. The lowest BCUT2D eigenvalue weighted by Gasteiger charge is -2.22. The summed E-state index contributed by atoms with van der Waals surface area (Å²) in [6.45, 7) is 6.00. The molecule has 1 aromatic carbocycles. The van der Waals surface area contributed by atoms with Gasteiger partial charge < -0.3 is 10.1 Å². The molecule has 0 radical (unpaired) electrons. The number of benzene rings is 1. The zero-order valence-corrected chi connectivity index (χ0v) is 16.1. The van der Waals surface area contributed by atoms with E-state index in [1.807, 2.05) is 12.1 Å². The Morgan fingerprint density at radius 2 is 1.79 bits per heavy atom. The van der Waals surface area contributed by atoms with Crippen LogP contribution in [0.15, 0.2) is 24.3 Å². The summed E-state index contributed by atoms with van der Waals surface area (Å²) in [5, 5.41) is 3.20. The molecule has 1 amide bonds. The number of carbonyl (C=O) groups is 1. The molecule has 24 heavy (non-hydrogen) atoms. The summed E-state index contributed by atoms with van der Waals surface area (Å²) >= 11 is 5.83. The second-order valence-electron chi connectivity index (χ2n) is 6.47. The van der Waals surface area contributed by atoms with E-state index < -0.39 is 21.7 Å². The molecular weight excluding hydrogens is 352 g/mol. The van der Waals surface area contributed by atoms with E-state index >= 15 is 0 Å². The Hall–Kier alpha value is -1.31. The van der Waals surface area contributed by atoms with Crippen LogP contribution in [0.5, 0.6) is 0 Å². The lowest BCUT2D eigenvalue weighted by Crippen LogP contribution is -2.40. The van der Waals surface area contributed by atoms with Crippen molar-refractivity contribution in [2.45, 2.75) is 32.8 Å².